The largest absolute Gasteiger partial charge is 0.494 e. The number of imide groups is 1. The molecule has 2 atom stereocenters. The number of aryl methyl sites for hydroxylation is 1. The molecule has 0 spiro atoms. The lowest BCUT2D eigenvalue weighted by Crippen LogP contribution is -2.52. The number of fused-ring (bicyclic) bond motifs is 1. The number of nitrogens with one attached hydrogen (secondary N) is 6. The second-order valence-electron chi connectivity index (χ2n) is 14.4. The highest BCUT2D eigenvalue weighted by Crippen LogP contribution is 2.38. The molecule has 1 fully saturated rings. The zero-order valence-electron chi connectivity index (χ0n) is 35.3. The number of esters is 1. The van der Waals surface area contributed by atoms with Gasteiger partial charge in [0.25, 0.3) is 11.8 Å². The van der Waals surface area contributed by atoms with Crippen molar-refractivity contribution in [3.8, 4) is 22.9 Å². The number of ether oxygens (including phenoxy) is 4. The van der Waals surface area contributed by atoms with Crippen molar-refractivity contribution in [2.24, 2.45) is 0 Å². The molecule has 0 aliphatic carbocycles. The first-order valence-corrected chi connectivity index (χ1v) is 20.3. The first kappa shape index (κ1) is 45.4. The standard InChI is InChI=1S/C42H50N10O11/c1-24-48-38(51-63-24)26-9-5-10-29(37(26)59-4)49-31-20-34(47-21-27(31)39(55)44-3)45-16-17-60-23-36(54)46-15-7-11-30(43-2)42(58)62-19-18-61-33-12-6-8-25-28(33)22-52(41(25)57)32-13-14-35(53)50-40(32)56/h5-6,8-10,12,20-21,30,32,43H,7,11,13-19,22-23H2,1-4H3,(H,44,55)(H,46,54)(H2,45,47,49)(H,50,53,56)/t30-,32?/m0/s1. The zero-order chi connectivity index (χ0) is 44.9. The highest BCUT2D eigenvalue weighted by atomic mass is 16.6. The third-order valence-corrected chi connectivity index (χ3v) is 10.2. The van der Waals surface area contributed by atoms with Gasteiger partial charge in [-0.25, -0.2) is 4.98 Å². The molecule has 1 saturated heterocycles. The molecule has 2 aliphatic rings. The van der Waals surface area contributed by atoms with Crippen molar-refractivity contribution < 1.29 is 52.2 Å². The molecule has 2 aromatic carbocycles. The van der Waals surface area contributed by atoms with Gasteiger partial charge < -0.3 is 55.0 Å². The van der Waals surface area contributed by atoms with Crippen LogP contribution in [0.1, 0.15) is 57.9 Å². The lowest BCUT2D eigenvalue weighted by Gasteiger charge is -2.29. The summed E-state index contributed by atoms with van der Waals surface area (Å²) >= 11 is 0. The maximum atomic E-state index is 13.1. The Morgan fingerprint density at radius 1 is 1.02 bits per heavy atom. The van der Waals surface area contributed by atoms with Gasteiger partial charge in [0.2, 0.25) is 29.4 Å². The maximum absolute atomic E-state index is 13.1. The van der Waals surface area contributed by atoms with Gasteiger partial charge in [-0.05, 0) is 50.6 Å². The van der Waals surface area contributed by atoms with Crippen molar-refractivity contribution >= 4 is 52.7 Å². The molecule has 2 aliphatic heterocycles. The molecule has 21 heteroatoms. The molecule has 4 aromatic rings. The monoisotopic (exact) mass is 870 g/mol. The molecular weight excluding hydrogens is 821 g/mol. The van der Waals surface area contributed by atoms with Crippen LogP contribution in [0.2, 0.25) is 0 Å². The van der Waals surface area contributed by atoms with Crippen LogP contribution in [0.3, 0.4) is 0 Å². The van der Waals surface area contributed by atoms with Crippen LogP contribution in [0.5, 0.6) is 11.5 Å². The Hall–Kier alpha value is -7.13. The highest BCUT2D eigenvalue weighted by Gasteiger charge is 2.40. The van der Waals surface area contributed by atoms with Crippen molar-refractivity contribution in [3.63, 3.8) is 0 Å². The highest BCUT2D eigenvalue weighted by molar-refractivity contribution is 6.05. The van der Waals surface area contributed by atoms with Crippen molar-refractivity contribution in [1.82, 2.24) is 41.3 Å². The van der Waals surface area contributed by atoms with E-state index in [1.807, 2.05) is 0 Å². The first-order chi connectivity index (χ1) is 30.5. The van der Waals surface area contributed by atoms with Crippen LogP contribution in [0.15, 0.2) is 53.2 Å². The van der Waals surface area contributed by atoms with E-state index in [4.69, 9.17) is 23.5 Å². The number of amides is 5. The number of hydrogen-bond donors (Lipinski definition) is 6. The second-order valence-corrected chi connectivity index (χ2v) is 14.4. The summed E-state index contributed by atoms with van der Waals surface area (Å²) in [5, 5.41) is 21.0. The minimum atomic E-state index is -0.742. The van der Waals surface area contributed by atoms with Crippen LogP contribution in [-0.2, 0) is 35.2 Å². The number of hydrogen-bond acceptors (Lipinski definition) is 17. The predicted molar refractivity (Wildman–Crippen MR) is 225 cm³/mol. The van der Waals surface area contributed by atoms with Crippen LogP contribution >= 0.6 is 0 Å². The third-order valence-electron chi connectivity index (χ3n) is 10.2. The van der Waals surface area contributed by atoms with Gasteiger partial charge in [0.15, 0.2) is 5.75 Å². The normalized spacial score (nSPS) is 15.0. The number of carbonyl (C=O) groups is 6. The van der Waals surface area contributed by atoms with Gasteiger partial charge in [0.1, 0.15) is 43.5 Å². The molecule has 334 valence electrons. The Balaban J connectivity index is 0.879. The molecule has 4 heterocycles. The van der Waals surface area contributed by atoms with E-state index in [-0.39, 0.29) is 75.0 Å². The van der Waals surface area contributed by atoms with Gasteiger partial charge in [0, 0.05) is 56.9 Å². The predicted octanol–water partition coefficient (Wildman–Crippen LogP) is 1.85. The summed E-state index contributed by atoms with van der Waals surface area (Å²) < 4.78 is 27.7. The van der Waals surface area contributed by atoms with E-state index < -0.39 is 24.0 Å². The number of pyridine rings is 1. The quantitative estimate of drug-likeness (QED) is 0.0374. The summed E-state index contributed by atoms with van der Waals surface area (Å²) in [7, 11) is 4.68. The Kier molecular flexibility index (Phi) is 15.6. The SMILES string of the molecule is CNC(=O)c1cnc(NCCOCC(=O)NCCC[C@H](NC)C(=O)OCCOc2cccc3c2CN(C2CCC(=O)NC2=O)C3=O)cc1Nc1cccc(-c2noc(C)n2)c1OC. The number of rotatable bonds is 22. The fourth-order valence-electron chi connectivity index (χ4n) is 7.02. The number of methoxy groups -OCH3 is 1. The van der Waals surface area contributed by atoms with Gasteiger partial charge in [-0.15, -0.1) is 0 Å². The van der Waals surface area contributed by atoms with E-state index in [2.05, 4.69) is 47.0 Å². The van der Waals surface area contributed by atoms with E-state index in [1.165, 1.54) is 25.3 Å². The number of carbonyl (C=O) groups excluding carboxylic acids is 6. The second kappa shape index (κ2) is 21.6. The molecule has 2 aromatic heterocycles. The van der Waals surface area contributed by atoms with E-state index in [0.29, 0.717) is 83.0 Å². The summed E-state index contributed by atoms with van der Waals surface area (Å²) in [6, 6.07) is 10.7. The first-order valence-electron chi connectivity index (χ1n) is 20.3. The smallest absolute Gasteiger partial charge is 0.323 e. The number of anilines is 3. The minimum Gasteiger partial charge on any atom is -0.494 e. The van der Waals surface area contributed by atoms with Crippen LogP contribution in [0.25, 0.3) is 11.4 Å². The average Bonchev–Trinajstić information content (AvgIpc) is 3.87. The van der Waals surface area contributed by atoms with Crippen molar-refractivity contribution in [2.45, 2.75) is 51.2 Å². The van der Waals surface area contributed by atoms with Gasteiger partial charge in [-0.2, -0.15) is 4.98 Å². The Morgan fingerprint density at radius 2 is 1.83 bits per heavy atom. The number of piperidine rings is 1. The lowest BCUT2D eigenvalue weighted by atomic mass is 10.0. The van der Waals surface area contributed by atoms with Crippen LogP contribution in [0, 0.1) is 6.92 Å². The molecule has 0 radical (unpaired) electrons. The van der Waals surface area contributed by atoms with Crippen LogP contribution in [0.4, 0.5) is 17.2 Å². The number of aromatic nitrogens is 3. The average molecular weight is 871 g/mol. The molecule has 63 heavy (non-hydrogen) atoms. The van der Waals surface area contributed by atoms with E-state index in [9.17, 15) is 28.8 Å². The third kappa shape index (κ3) is 11.4. The Labute approximate surface area is 362 Å². The Morgan fingerprint density at radius 3 is 2.57 bits per heavy atom. The molecule has 0 saturated carbocycles. The van der Waals surface area contributed by atoms with E-state index in [1.54, 1.807) is 56.4 Å². The number of likely N-dealkylation sites (N-methyl/N-ethyl adjacent to an activating group) is 1. The molecule has 6 N–H and O–H groups in total. The molecule has 0 bridgehead atoms. The summed E-state index contributed by atoms with van der Waals surface area (Å²) in [5.41, 5.74) is 2.92. The Bertz CT molecular complexity index is 2320. The zero-order valence-corrected chi connectivity index (χ0v) is 35.3. The summed E-state index contributed by atoms with van der Waals surface area (Å²) in [6.07, 6.45) is 2.73. The number of benzene rings is 2. The van der Waals surface area contributed by atoms with E-state index >= 15 is 0 Å². The molecule has 6 rings (SSSR count). The van der Waals surface area contributed by atoms with Gasteiger partial charge >= 0.3 is 5.97 Å². The maximum Gasteiger partial charge on any atom is 0.323 e. The van der Waals surface area contributed by atoms with Crippen LogP contribution < -0.4 is 41.4 Å². The van der Waals surface area contributed by atoms with Crippen molar-refractivity contribution in [3.05, 3.63) is 71.2 Å². The fraction of sp³-hybridized carbons (Fsp3) is 0.405. The van der Waals surface area contributed by atoms with Crippen molar-refractivity contribution in [1.29, 1.82) is 0 Å². The summed E-state index contributed by atoms with van der Waals surface area (Å²) in [4.78, 5) is 85.1. The van der Waals surface area contributed by atoms with Gasteiger partial charge in [-0.3, -0.25) is 34.1 Å². The van der Waals surface area contributed by atoms with Gasteiger partial charge in [-0.1, -0.05) is 17.3 Å². The van der Waals surface area contributed by atoms with E-state index in [0.717, 1.165) is 0 Å². The van der Waals surface area contributed by atoms with Crippen molar-refractivity contribution in [2.75, 3.05) is 71.4 Å². The lowest BCUT2D eigenvalue weighted by molar-refractivity contribution is -0.147. The molecule has 1 unspecified atom stereocenters. The van der Waals surface area contributed by atoms with Gasteiger partial charge in [0.05, 0.1) is 42.8 Å². The molecule has 5 amide bonds. The topological polar surface area (TPSA) is 267 Å². The summed E-state index contributed by atoms with van der Waals surface area (Å²) in [6.45, 7) is 2.45. The molecule has 21 nitrogen and oxygen atoms in total. The number of para-hydroxylation sites is 1. The van der Waals surface area contributed by atoms with Crippen LogP contribution in [-0.4, -0.2) is 128 Å². The number of nitrogens with zero attached hydrogens (tertiary/aromatic N) is 4. The fourth-order valence-corrected chi connectivity index (χ4v) is 7.02. The minimum absolute atomic E-state index is 0.0321. The molecular formula is C42H50N10O11. The summed E-state index contributed by atoms with van der Waals surface area (Å²) in [5.74, 6) is -0.232.